The van der Waals surface area contributed by atoms with Gasteiger partial charge < -0.3 is 15.8 Å². The number of ether oxygens (including phenoxy) is 1. The van der Waals surface area contributed by atoms with Crippen molar-refractivity contribution in [3.8, 4) is 0 Å². The molecular weight excluding hydrogens is 256 g/mol. The lowest BCUT2D eigenvalue weighted by Crippen LogP contribution is -2.27. The van der Waals surface area contributed by atoms with Crippen molar-refractivity contribution >= 4 is 28.3 Å². The molecule has 2 rings (SSSR count). The molecule has 0 unspecified atom stereocenters. The third-order valence-corrected chi connectivity index (χ3v) is 3.00. The Kier molecular flexibility index (Phi) is 4.20. The lowest BCUT2D eigenvalue weighted by Gasteiger charge is -2.08. The van der Waals surface area contributed by atoms with Crippen LogP contribution in [0.4, 0.5) is 5.69 Å². The number of nitrogens with two attached hydrogens (primary N) is 1. The molecule has 0 fully saturated rings. The number of anilines is 1. The van der Waals surface area contributed by atoms with E-state index in [2.05, 4.69) is 10.1 Å². The van der Waals surface area contributed by atoms with Gasteiger partial charge in [-0.15, -0.1) is 0 Å². The van der Waals surface area contributed by atoms with E-state index >= 15 is 0 Å². The van der Waals surface area contributed by atoms with Crippen LogP contribution < -0.4 is 11.1 Å². The maximum Gasteiger partial charge on any atom is 0.307 e. The van der Waals surface area contributed by atoms with Crippen LogP contribution in [0.2, 0.25) is 0 Å². The fraction of sp³-hybridized carbons (Fsp3) is 0.200. The quantitative estimate of drug-likeness (QED) is 0.656. The summed E-state index contributed by atoms with van der Waals surface area (Å²) in [4.78, 5) is 23.0. The SMILES string of the molecule is COC(=O)CCNC(=O)c1cc2ccccc2cc1N. The largest absolute Gasteiger partial charge is 0.469 e. The first-order chi connectivity index (χ1) is 9.61. The van der Waals surface area contributed by atoms with E-state index in [4.69, 9.17) is 5.73 Å². The number of nitrogen functional groups attached to an aromatic ring is 1. The number of amides is 1. The number of hydrogen-bond acceptors (Lipinski definition) is 4. The minimum atomic E-state index is -0.364. The van der Waals surface area contributed by atoms with Gasteiger partial charge in [-0.2, -0.15) is 0 Å². The summed E-state index contributed by atoms with van der Waals surface area (Å²) in [6.45, 7) is 0.220. The molecular formula is C15H16N2O3. The van der Waals surface area contributed by atoms with Gasteiger partial charge in [0.15, 0.2) is 0 Å². The molecule has 5 heteroatoms. The molecule has 0 atom stereocenters. The number of benzene rings is 2. The van der Waals surface area contributed by atoms with Crippen molar-refractivity contribution in [3.05, 3.63) is 42.0 Å². The van der Waals surface area contributed by atoms with Crippen LogP contribution in [0.25, 0.3) is 10.8 Å². The molecule has 2 aromatic rings. The first-order valence-corrected chi connectivity index (χ1v) is 6.25. The first kappa shape index (κ1) is 13.9. The number of esters is 1. The zero-order valence-corrected chi connectivity index (χ0v) is 11.2. The third kappa shape index (κ3) is 3.06. The monoisotopic (exact) mass is 272 g/mol. The van der Waals surface area contributed by atoms with Crippen molar-refractivity contribution in [1.82, 2.24) is 5.32 Å². The molecule has 5 nitrogen and oxygen atoms in total. The van der Waals surface area contributed by atoms with Gasteiger partial charge in [-0.05, 0) is 22.9 Å². The average molecular weight is 272 g/mol. The highest BCUT2D eigenvalue weighted by Crippen LogP contribution is 2.21. The summed E-state index contributed by atoms with van der Waals surface area (Å²) in [5, 5.41) is 4.58. The minimum Gasteiger partial charge on any atom is -0.469 e. The van der Waals surface area contributed by atoms with Gasteiger partial charge in [0.1, 0.15) is 0 Å². The van der Waals surface area contributed by atoms with Crippen LogP contribution in [0, 0.1) is 0 Å². The van der Waals surface area contributed by atoms with Crippen molar-refractivity contribution in [1.29, 1.82) is 0 Å². The maximum atomic E-state index is 12.0. The van der Waals surface area contributed by atoms with E-state index in [1.807, 2.05) is 24.3 Å². The molecule has 1 amide bonds. The number of hydrogen-bond donors (Lipinski definition) is 2. The summed E-state index contributed by atoms with van der Waals surface area (Å²) in [6, 6.07) is 11.2. The van der Waals surface area contributed by atoms with E-state index in [0.717, 1.165) is 10.8 Å². The van der Waals surface area contributed by atoms with Gasteiger partial charge in [-0.25, -0.2) is 0 Å². The number of methoxy groups -OCH3 is 1. The Hall–Kier alpha value is -2.56. The Balaban J connectivity index is 2.13. The molecule has 0 spiro atoms. The second kappa shape index (κ2) is 6.06. The van der Waals surface area contributed by atoms with Gasteiger partial charge >= 0.3 is 5.97 Å². The van der Waals surface area contributed by atoms with Gasteiger partial charge in [0.25, 0.3) is 5.91 Å². The molecule has 20 heavy (non-hydrogen) atoms. The van der Waals surface area contributed by atoms with Gasteiger partial charge in [0.2, 0.25) is 0 Å². The van der Waals surface area contributed by atoms with Gasteiger partial charge in [-0.1, -0.05) is 24.3 Å². The molecule has 0 heterocycles. The lowest BCUT2D eigenvalue weighted by atomic mass is 10.0. The summed E-state index contributed by atoms with van der Waals surface area (Å²) in [7, 11) is 1.31. The predicted molar refractivity (Wildman–Crippen MR) is 77.3 cm³/mol. The Labute approximate surface area is 116 Å². The molecule has 0 radical (unpaired) electrons. The van der Waals surface area contributed by atoms with Crippen molar-refractivity contribution in [2.75, 3.05) is 19.4 Å². The highest BCUT2D eigenvalue weighted by Gasteiger charge is 2.11. The predicted octanol–water partition coefficient (Wildman–Crippen LogP) is 1.71. The standard InChI is InChI=1S/C15H16N2O3/c1-20-14(18)6-7-17-15(19)12-8-10-4-2-3-5-11(10)9-13(12)16/h2-5,8-9H,6-7,16H2,1H3,(H,17,19). The Bertz CT molecular complexity index is 653. The molecule has 0 aromatic heterocycles. The van der Waals surface area contributed by atoms with E-state index in [9.17, 15) is 9.59 Å². The molecule has 0 aliphatic rings. The topological polar surface area (TPSA) is 81.4 Å². The van der Waals surface area contributed by atoms with E-state index in [0.29, 0.717) is 11.3 Å². The highest BCUT2D eigenvalue weighted by atomic mass is 16.5. The highest BCUT2D eigenvalue weighted by molar-refractivity contribution is 6.03. The van der Waals surface area contributed by atoms with Crippen LogP contribution in [0.1, 0.15) is 16.8 Å². The Morgan fingerprint density at radius 3 is 2.50 bits per heavy atom. The second-order valence-corrected chi connectivity index (χ2v) is 4.37. The number of carbonyl (C=O) groups excluding carboxylic acids is 2. The molecule has 0 saturated carbocycles. The number of fused-ring (bicyclic) bond motifs is 1. The third-order valence-electron chi connectivity index (χ3n) is 3.00. The van der Waals surface area contributed by atoms with E-state index < -0.39 is 0 Å². The lowest BCUT2D eigenvalue weighted by molar-refractivity contribution is -0.140. The summed E-state index contributed by atoms with van der Waals surface area (Å²) in [5.41, 5.74) is 6.72. The van der Waals surface area contributed by atoms with Crippen molar-refractivity contribution in [2.24, 2.45) is 0 Å². The minimum absolute atomic E-state index is 0.135. The van der Waals surface area contributed by atoms with Crippen LogP contribution >= 0.6 is 0 Å². The zero-order chi connectivity index (χ0) is 14.5. The molecule has 0 aliphatic carbocycles. The van der Waals surface area contributed by atoms with Crippen LogP contribution in [0.15, 0.2) is 36.4 Å². The van der Waals surface area contributed by atoms with Crippen molar-refractivity contribution < 1.29 is 14.3 Å². The normalized spacial score (nSPS) is 10.2. The average Bonchev–Trinajstić information content (AvgIpc) is 2.46. The first-order valence-electron chi connectivity index (χ1n) is 6.25. The molecule has 2 aromatic carbocycles. The summed E-state index contributed by atoms with van der Waals surface area (Å²) in [6.07, 6.45) is 0.135. The maximum absolute atomic E-state index is 12.0. The Morgan fingerprint density at radius 2 is 1.85 bits per heavy atom. The van der Waals surface area contributed by atoms with Crippen LogP contribution in [-0.4, -0.2) is 25.5 Å². The number of rotatable bonds is 4. The van der Waals surface area contributed by atoms with Gasteiger partial charge in [-0.3, -0.25) is 9.59 Å². The summed E-state index contributed by atoms with van der Waals surface area (Å²) < 4.78 is 4.50. The van der Waals surface area contributed by atoms with E-state index in [1.165, 1.54) is 7.11 Å². The van der Waals surface area contributed by atoms with Crippen LogP contribution in [-0.2, 0) is 9.53 Å². The van der Waals surface area contributed by atoms with Crippen LogP contribution in [0.3, 0.4) is 0 Å². The molecule has 104 valence electrons. The molecule has 3 N–H and O–H groups in total. The summed E-state index contributed by atoms with van der Waals surface area (Å²) in [5.74, 6) is -0.658. The van der Waals surface area contributed by atoms with Crippen LogP contribution in [0.5, 0.6) is 0 Å². The second-order valence-electron chi connectivity index (χ2n) is 4.37. The van der Waals surface area contributed by atoms with E-state index in [1.54, 1.807) is 12.1 Å². The smallest absolute Gasteiger partial charge is 0.307 e. The fourth-order valence-electron chi connectivity index (χ4n) is 1.93. The molecule has 0 saturated heterocycles. The number of carbonyl (C=O) groups is 2. The van der Waals surface area contributed by atoms with Crippen molar-refractivity contribution in [3.63, 3.8) is 0 Å². The number of nitrogens with one attached hydrogen (secondary N) is 1. The van der Waals surface area contributed by atoms with Crippen molar-refractivity contribution in [2.45, 2.75) is 6.42 Å². The molecule has 0 aliphatic heterocycles. The van der Waals surface area contributed by atoms with Gasteiger partial charge in [0.05, 0.1) is 19.1 Å². The van der Waals surface area contributed by atoms with Gasteiger partial charge in [0, 0.05) is 12.2 Å². The summed E-state index contributed by atoms with van der Waals surface area (Å²) >= 11 is 0. The zero-order valence-electron chi connectivity index (χ0n) is 11.2. The Morgan fingerprint density at radius 1 is 1.20 bits per heavy atom. The fourth-order valence-corrected chi connectivity index (χ4v) is 1.93. The molecule has 0 bridgehead atoms. The van der Waals surface area contributed by atoms with E-state index in [-0.39, 0.29) is 24.8 Å².